The fraction of sp³-hybridized carbons (Fsp3) is 0.353. The first-order valence-corrected chi connectivity index (χ1v) is 7.85. The summed E-state index contributed by atoms with van der Waals surface area (Å²) in [7, 11) is 0. The molecule has 0 saturated carbocycles. The predicted molar refractivity (Wildman–Crippen MR) is 91.7 cm³/mol. The van der Waals surface area contributed by atoms with Crippen LogP contribution in [0, 0.1) is 5.41 Å². The van der Waals surface area contributed by atoms with Gasteiger partial charge in [0.2, 0.25) is 0 Å². The van der Waals surface area contributed by atoms with Gasteiger partial charge in [-0.1, -0.05) is 0 Å². The zero-order valence-electron chi connectivity index (χ0n) is 14.0. The maximum Gasteiger partial charge on any atom is 0.282 e. The molecule has 8 heteroatoms. The van der Waals surface area contributed by atoms with Crippen LogP contribution in [-0.2, 0) is 0 Å². The van der Waals surface area contributed by atoms with Crippen molar-refractivity contribution in [3.05, 3.63) is 41.9 Å². The topological polar surface area (TPSA) is 88.1 Å². The van der Waals surface area contributed by atoms with Gasteiger partial charge in [0.25, 0.3) is 5.92 Å². The van der Waals surface area contributed by atoms with E-state index in [0.717, 1.165) is 0 Å². The SMILES string of the molecule is CC(C)Oc1ccc(N)c(C(=N)c2cc(N3CC(F)(F)C3)ncn2)c1. The molecule has 1 fully saturated rings. The molecule has 0 bridgehead atoms. The number of aromatic nitrogens is 2. The summed E-state index contributed by atoms with van der Waals surface area (Å²) in [5.74, 6) is -1.72. The Hall–Kier alpha value is -2.77. The van der Waals surface area contributed by atoms with E-state index in [1.54, 1.807) is 18.2 Å². The molecular weight excluding hydrogens is 328 g/mol. The van der Waals surface area contributed by atoms with Gasteiger partial charge < -0.3 is 15.4 Å². The number of hydrogen-bond donors (Lipinski definition) is 2. The summed E-state index contributed by atoms with van der Waals surface area (Å²) in [6.45, 7) is 3.05. The van der Waals surface area contributed by atoms with Gasteiger partial charge in [0.05, 0.1) is 30.6 Å². The quantitative estimate of drug-likeness (QED) is 0.641. The Bertz CT molecular complexity index is 801. The Morgan fingerprint density at radius 3 is 2.64 bits per heavy atom. The number of nitrogens with one attached hydrogen (secondary N) is 1. The first-order chi connectivity index (χ1) is 11.7. The molecule has 1 aliphatic heterocycles. The molecule has 1 aromatic carbocycles. The Morgan fingerprint density at radius 1 is 1.28 bits per heavy atom. The van der Waals surface area contributed by atoms with Crippen LogP contribution >= 0.6 is 0 Å². The third-order valence-electron chi connectivity index (χ3n) is 3.74. The van der Waals surface area contributed by atoms with Gasteiger partial charge in [-0.15, -0.1) is 0 Å². The summed E-state index contributed by atoms with van der Waals surface area (Å²) in [4.78, 5) is 9.53. The molecular formula is C17H19F2N5O. The number of nitrogens with two attached hydrogens (primary N) is 1. The van der Waals surface area contributed by atoms with Crippen molar-refractivity contribution < 1.29 is 13.5 Å². The van der Waals surface area contributed by atoms with Crippen LogP contribution in [-0.4, -0.2) is 40.8 Å². The average molecular weight is 347 g/mol. The molecule has 1 aromatic heterocycles. The third kappa shape index (κ3) is 3.67. The van der Waals surface area contributed by atoms with E-state index in [0.29, 0.717) is 28.5 Å². The van der Waals surface area contributed by atoms with E-state index >= 15 is 0 Å². The number of benzene rings is 1. The second-order valence-corrected chi connectivity index (χ2v) is 6.26. The van der Waals surface area contributed by atoms with E-state index < -0.39 is 5.92 Å². The molecule has 0 spiro atoms. The Labute approximate surface area is 144 Å². The highest BCUT2D eigenvalue weighted by atomic mass is 19.3. The predicted octanol–water partition coefficient (Wildman–Crippen LogP) is 2.72. The summed E-state index contributed by atoms with van der Waals surface area (Å²) < 4.78 is 31.7. The van der Waals surface area contributed by atoms with Crippen LogP contribution in [0.4, 0.5) is 20.3 Å². The van der Waals surface area contributed by atoms with Crippen molar-refractivity contribution in [2.45, 2.75) is 25.9 Å². The largest absolute Gasteiger partial charge is 0.491 e. The van der Waals surface area contributed by atoms with Gasteiger partial charge in [-0.25, -0.2) is 18.7 Å². The number of hydrogen-bond acceptors (Lipinski definition) is 6. The maximum atomic E-state index is 13.0. The van der Waals surface area contributed by atoms with Crippen molar-refractivity contribution in [1.82, 2.24) is 9.97 Å². The van der Waals surface area contributed by atoms with Crippen molar-refractivity contribution in [3.63, 3.8) is 0 Å². The van der Waals surface area contributed by atoms with Crippen LogP contribution in [0.5, 0.6) is 5.75 Å². The Kier molecular flexibility index (Phi) is 4.28. The highest BCUT2D eigenvalue weighted by molar-refractivity contribution is 6.13. The number of rotatable bonds is 5. The van der Waals surface area contributed by atoms with Gasteiger partial charge in [0, 0.05) is 17.3 Å². The molecule has 1 aliphatic rings. The maximum absolute atomic E-state index is 13.0. The normalized spacial score (nSPS) is 15.8. The molecule has 0 aliphatic carbocycles. The minimum atomic E-state index is -2.69. The lowest BCUT2D eigenvalue weighted by molar-refractivity contribution is -0.0267. The summed E-state index contributed by atoms with van der Waals surface area (Å²) in [5.41, 5.74) is 7.26. The molecule has 6 nitrogen and oxygen atoms in total. The van der Waals surface area contributed by atoms with Crippen molar-refractivity contribution >= 4 is 17.2 Å². The lowest BCUT2D eigenvalue weighted by Crippen LogP contribution is -2.56. The summed E-state index contributed by atoms with van der Waals surface area (Å²) in [5, 5.41) is 8.39. The molecule has 0 atom stereocenters. The minimum absolute atomic E-state index is 0.00982. The van der Waals surface area contributed by atoms with Gasteiger partial charge in [-0.3, -0.25) is 5.41 Å². The van der Waals surface area contributed by atoms with Crippen molar-refractivity contribution in [3.8, 4) is 5.75 Å². The highest BCUT2D eigenvalue weighted by Gasteiger charge is 2.44. The molecule has 3 N–H and O–H groups in total. The second kappa shape index (κ2) is 6.27. The lowest BCUT2D eigenvalue weighted by atomic mass is 10.0. The molecule has 0 amide bonds. The van der Waals surface area contributed by atoms with Gasteiger partial charge in [-0.05, 0) is 32.0 Å². The number of anilines is 2. The van der Waals surface area contributed by atoms with E-state index in [4.69, 9.17) is 15.9 Å². The van der Waals surface area contributed by atoms with E-state index in [-0.39, 0.29) is 24.9 Å². The monoisotopic (exact) mass is 347 g/mol. The summed E-state index contributed by atoms with van der Waals surface area (Å²) >= 11 is 0. The van der Waals surface area contributed by atoms with E-state index in [1.807, 2.05) is 13.8 Å². The minimum Gasteiger partial charge on any atom is -0.491 e. The fourth-order valence-electron chi connectivity index (χ4n) is 2.57. The fourth-order valence-corrected chi connectivity index (χ4v) is 2.57. The van der Waals surface area contributed by atoms with Crippen LogP contribution < -0.4 is 15.4 Å². The first-order valence-electron chi connectivity index (χ1n) is 7.85. The molecule has 25 heavy (non-hydrogen) atoms. The van der Waals surface area contributed by atoms with Crippen molar-refractivity contribution in [1.29, 1.82) is 5.41 Å². The number of nitrogens with zero attached hydrogens (tertiary/aromatic N) is 3. The Morgan fingerprint density at radius 2 is 2.00 bits per heavy atom. The zero-order chi connectivity index (χ0) is 18.2. The molecule has 1 saturated heterocycles. The average Bonchev–Trinajstić information content (AvgIpc) is 2.53. The summed E-state index contributed by atoms with van der Waals surface area (Å²) in [6, 6.07) is 6.60. The number of alkyl halides is 2. The Balaban J connectivity index is 1.86. The van der Waals surface area contributed by atoms with E-state index in [2.05, 4.69) is 9.97 Å². The zero-order valence-corrected chi connectivity index (χ0v) is 14.0. The molecule has 132 valence electrons. The molecule has 0 unspecified atom stereocenters. The first kappa shape index (κ1) is 17.1. The van der Waals surface area contributed by atoms with Crippen molar-refractivity contribution in [2.24, 2.45) is 0 Å². The van der Waals surface area contributed by atoms with Gasteiger partial charge >= 0.3 is 0 Å². The smallest absolute Gasteiger partial charge is 0.282 e. The molecule has 3 rings (SSSR count). The molecule has 2 heterocycles. The lowest BCUT2D eigenvalue weighted by Gasteiger charge is -2.39. The third-order valence-corrected chi connectivity index (χ3v) is 3.74. The molecule has 2 aromatic rings. The standard InChI is InChI=1S/C17H19F2N5O/c1-10(2)25-11-3-4-13(20)12(5-11)16(21)14-6-15(23-9-22-14)24-7-17(18,19)8-24/h3-6,9-10,21H,7-8,20H2,1-2H3. The number of nitrogen functional groups attached to an aromatic ring is 1. The second-order valence-electron chi connectivity index (χ2n) is 6.26. The summed E-state index contributed by atoms with van der Waals surface area (Å²) in [6.07, 6.45) is 1.25. The van der Waals surface area contributed by atoms with E-state index in [1.165, 1.54) is 17.3 Å². The highest BCUT2D eigenvalue weighted by Crippen LogP contribution is 2.31. The van der Waals surface area contributed by atoms with Crippen LogP contribution in [0.1, 0.15) is 25.1 Å². The van der Waals surface area contributed by atoms with Gasteiger partial charge in [-0.2, -0.15) is 0 Å². The molecule has 0 radical (unpaired) electrons. The number of ether oxygens (including phenoxy) is 1. The van der Waals surface area contributed by atoms with Crippen molar-refractivity contribution in [2.75, 3.05) is 23.7 Å². The van der Waals surface area contributed by atoms with Crippen LogP contribution in [0.2, 0.25) is 0 Å². The van der Waals surface area contributed by atoms with Gasteiger partial charge in [0.1, 0.15) is 17.9 Å². The van der Waals surface area contributed by atoms with Gasteiger partial charge in [0.15, 0.2) is 0 Å². The van der Waals surface area contributed by atoms with Crippen LogP contribution in [0.15, 0.2) is 30.6 Å². The van der Waals surface area contributed by atoms with Crippen LogP contribution in [0.3, 0.4) is 0 Å². The number of halogens is 2. The van der Waals surface area contributed by atoms with Crippen LogP contribution in [0.25, 0.3) is 0 Å². The van der Waals surface area contributed by atoms with E-state index in [9.17, 15) is 8.78 Å².